The Labute approximate surface area is 482 Å². The van der Waals surface area contributed by atoms with Crippen LogP contribution in [0.3, 0.4) is 0 Å². The Bertz CT molecular complexity index is 1160. The second-order valence-electron chi connectivity index (χ2n) is 24.6. The molecule has 458 valence electrons. The fourth-order valence-electron chi connectivity index (χ4n) is 11.4. The lowest BCUT2D eigenvalue weighted by molar-refractivity contribution is -0.143. The average Bonchev–Trinajstić information content (AvgIpc) is 3.43. The number of esters is 1. The van der Waals surface area contributed by atoms with Crippen molar-refractivity contribution < 1.29 is 24.5 Å². The molecule has 0 aliphatic carbocycles. The first-order valence-electron chi connectivity index (χ1n) is 35.4. The Balaban J connectivity index is 3.35. The molecule has 0 fully saturated rings. The lowest BCUT2D eigenvalue weighted by Crippen LogP contribution is -2.45. The van der Waals surface area contributed by atoms with Crippen LogP contribution in [0.25, 0.3) is 0 Å². The molecule has 0 radical (unpaired) electrons. The average molecular weight is 1090 g/mol. The maximum atomic E-state index is 12.5. The van der Waals surface area contributed by atoms with E-state index >= 15 is 0 Å². The molecule has 0 heterocycles. The number of carbonyl (C=O) groups excluding carboxylic acids is 2. The first-order chi connectivity index (χ1) is 38.0. The van der Waals surface area contributed by atoms with E-state index in [1.54, 1.807) is 0 Å². The second-order valence-corrected chi connectivity index (χ2v) is 24.6. The summed E-state index contributed by atoms with van der Waals surface area (Å²) in [5.41, 5.74) is 0. The van der Waals surface area contributed by atoms with Gasteiger partial charge in [0.15, 0.2) is 0 Å². The highest BCUT2D eigenvalue weighted by Gasteiger charge is 2.20. The fourth-order valence-corrected chi connectivity index (χ4v) is 11.4. The topological polar surface area (TPSA) is 95.9 Å². The van der Waals surface area contributed by atoms with Gasteiger partial charge in [-0.15, -0.1) is 0 Å². The van der Waals surface area contributed by atoms with Crippen LogP contribution in [0.2, 0.25) is 0 Å². The van der Waals surface area contributed by atoms with Gasteiger partial charge in [0.1, 0.15) is 0 Å². The van der Waals surface area contributed by atoms with Gasteiger partial charge >= 0.3 is 5.97 Å². The molecule has 0 aromatic rings. The molecule has 0 bridgehead atoms. The highest BCUT2D eigenvalue weighted by molar-refractivity contribution is 5.76. The van der Waals surface area contributed by atoms with Crippen molar-refractivity contribution in [2.75, 3.05) is 13.2 Å². The predicted molar refractivity (Wildman–Crippen MR) is 338 cm³/mol. The van der Waals surface area contributed by atoms with Crippen molar-refractivity contribution in [2.45, 2.75) is 418 Å². The number of allylic oxidation sites excluding steroid dienone is 2. The van der Waals surface area contributed by atoms with Crippen LogP contribution in [-0.2, 0) is 14.3 Å². The Morgan fingerprint density at radius 2 is 0.610 bits per heavy atom. The molecule has 6 nitrogen and oxygen atoms in total. The van der Waals surface area contributed by atoms with Crippen molar-refractivity contribution in [1.29, 1.82) is 0 Å². The minimum absolute atomic E-state index is 0.0201. The molecule has 0 rings (SSSR count). The molecule has 0 saturated carbocycles. The number of aliphatic hydroxyl groups is 2. The molecule has 0 aliphatic heterocycles. The minimum atomic E-state index is -0.662. The monoisotopic (exact) mass is 1090 g/mol. The Morgan fingerprint density at radius 1 is 0.351 bits per heavy atom. The number of hydrogen-bond acceptors (Lipinski definition) is 5. The quantitative estimate of drug-likeness (QED) is 0.0320. The van der Waals surface area contributed by atoms with E-state index in [9.17, 15) is 19.8 Å². The summed E-state index contributed by atoms with van der Waals surface area (Å²) in [4.78, 5) is 24.6. The summed E-state index contributed by atoms with van der Waals surface area (Å²) in [5, 5.41) is 23.4. The van der Waals surface area contributed by atoms with Gasteiger partial charge in [-0.2, -0.15) is 0 Å². The lowest BCUT2D eigenvalue weighted by Gasteiger charge is -2.22. The van der Waals surface area contributed by atoms with Crippen molar-refractivity contribution in [1.82, 2.24) is 5.32 Å². The third-order valence-electron chi connectivity index (χ3n) is 16.8. The van der Waals surface area contributed by atoms with Gasteiger partial charge in [-0.3, -0.25) is 9.59 Å². The number of nitrogens with one attached hydrogen (secondary N) is 1. The van der Waals surface area contributed by atoms with Gasteiger partial charge in [-0.05, 0) is 51.4 Å². The molecular formula is C71H139NO5. The Hall–Kier alpha value is -1.40. The van der Waals surface area contributed by atoms with Gasteiger partial charge < -0.3 is 20.3 Å². The molecule has 0 saturated heterocycles. The van der Waals surface area contributed by atoms with Crippen LogP contribution in [0.1, 0.15) is 406 Å². The van der Waals surface area contributed by atoms with Crippen molar-refractivity contribution >= 4 is 11.9 Å². The molecule has 0 aliphatic rings. The number of aliphatic hydroxyl groups excluding tert-OH is 2. The van der Waals surface area contributed by atoms with Gasteiger partial charge in [0, 0.05) is 12.8 Å². The zero-order valence-electron chi connectivity index (χ0n) is 52.5. The molecule has 3 N–H and O–H groups in total. The predicted octanol–water partition coefficient (Wildman–Crippen LogP) is 22.8. The molecule has 2 unspecified atom stereocenters. The molecule has 2 atom stereocenters. The number of amides is 1. The Morgan fingerprint density at radius 3 is 0.922 bits per heavy atom. The number of unbranched alkanes of at least 4 members (excludes halogenated alkanes) is 54. The third kappa shape index (κ3) is 63.6. The third-order valence-corrected chi connectivity index (χ3v) is 16.8. The summed E-state index contributed by atoms with van der Waals surface area (Å²) >= 11 is 0. The SMILES string of the molecule is CCCCCCCCCCCCCCCCCCC(O)C(CO)NC(=O)CCCCCCCCCCCCCCCCC/C=C\CCCCCCCCCCCCCCOC(=O)CCCCCCCCCCCCCCC. The molecule has 0 spiro atoms. The highest BCUT2D eigenvalue weighted by Crippen LogP contribution is 2.19. The molecular weight excluding hydrogens is 947 g/mol. The highest BCUT2D eigenvalue weighted by atomic mass is 16.5. The van der Waals surface area contributed by atoms with Gasteiger partial charge in [-0.25, -0.2) is 0 Å². The van der Waals surface area contributed by atoms with Gasteiger partial charge in [0.25, 0.3) is 0 Å². The number of ether oxygens (including phenoxy) is 1. The van der Waals surface area contributed by atoms with E-state index in [1.807, 2.05) is 0 Å². The molecule has 6 heteroatoms. The van der Waals surface area contributed by atoms with Gasteiger partial charge in [-0.1, -0.05) is 353 Å². The zero-order chi connectivity index (χ0) is 55.7. The first-order valence-corrected chi connectivity index (χ1v) is 35.4. The second kappa shape index (κ2) is 67.1. The molecule has 77 heavy (non-hydrogen) atoms. The maximum Gasteiger partial charge on any atom is 0.305 e. The van der Waals surface area contributed by atoms with Crippen molar-refractivity contribution in [3.05, 3.63) is 12.2 Å². The van der Waals surface area contributed by atoms with E-state index in [0.29, 0.717) is 25.9 Å². The summed E-state index contributed by atoms with van der Waals surface area (Å²) in [6, 6.07) is -0.539. The fraction of sp³-hybridized carbons (Fsp3) is 0.944. The van der Waals surface area contributed by atoms with Crippen LogP contribution in [0, 0.1) is 0 Å². The number of carbonyl (C=O) groups is 2. The standard InChI is InChI=1S/C71H139NO5/c1-3-5-7-9-11-13-15-17-18-36-40-43-47-51-55-59-63-69(74)68(67-73)72-70(75)64-60-56-52-48-44-41-37-34-32-30-28-26-24-22-20-19-21-23-25-27-29-31-33-35-38-42-46-50-54-58-62-66-77-71(76)65-61-57-53-49-45-39-16-14-12-10-8-6-4-2/h21,23,68-69,73-74H,3-20,22,24-67H2,1-2H3,(H,72,75)/b23-21-. The maximum absolute atomic E-state index is 12.5. The van der Waals surface area contributed by atoms with E-state index < -0.39 is 12.1 Å². The van der Waals surface area contributed by atoms with E-state index in [1.165, 1.54) is 334 Å². The number of hydrogen-bond donors (Lipinski definition) is 3. The van der Waals surface area contributed by atoms with E-state index in [4.69, 9.17) is 4.74 Å². The number of rotatable bonds is 67. The van der Waals surface area contributed by atoms with Crippen molar-refractivity contribution in [2.24, 2.45) is 0 Å². The van der Waals surface area contributed by atoms with Crippen LogP contribution in [0.5, 0.6) is 0 Å². The largest absolute Gasteiger partial charge is 0.466 e. The van der Waals surface area contributed by atoms with E-state index in [2.05, 4.69) is 31.3 Å². The van der Waals surface area contributed by atoms with E-state index in [0.717, 1.165) is 38.5 Å². The normalized spacial score (nSPS) is 12.5. The van der Waals surface area contributed by atoms with Crippen LogP contribution in [-0.4, -0.2) is 47.4 Å². The van der Waals surface area contributed by atoms with Crippen molar-refractivity contribution in [3.8, 4) is 0 Å². The van der Waals surface area contributed by atoms with Crippen molar-refractivity contribution in [3.63, 3.8) is 0 Å². The van der Waals surface area contributed by atoms with Gasteiger partial charge in [0.05, 0.1) is 25.4 Å². The van der Waals surface area contributed by atoms with Gasteiger partial charge in [0.2, 0.25) is 5.91 Å². The summed E-state index contributed by atoms with van der Waals surface area (Å²) < 4.78 is 5.49. The summed E-state index contributed by atoms with van der Waals surface area (Å²) in [5.74, 6) is -0.00907. The molecule has 1 amide bonds. The zero-order valence-corrected chi connectivity index (χ0v) is 52.5. The smallest absolute Gasteiger partial charge is 0.305 e. The Kier molecular flexibility index (Phi) is 65.9. The van der Waals surface area contributed by atoms with E-state index in [-0.39, 0.29) is 18.5 Å². The molecule has 0 aromatic carbocycles. The van der Waals surface area contributed by atoms with Crippen LogP contribution < -0.4 is 5.32 Å². The minimum Gasteiger partial charge on any atom is -0.466 e. The first kappa shape index (κ1) is 75.6. The summed E-state index contributed by atoms with van der Waals surface area (Å²) in [6.07, 6.45) is 82.7. The summed E-state index contributed by atoms with van der Waals surface area (Å²) in [7, 11) is 0. The van der Waals surface area contributed by atoms with Crippen LogP contribution >= 0.6 is 0 Å². The molecule has 0 aromatic heterocycles. The van der Waals surface area contributed by atoms with Crippen LogP contribution in [0.15, 0.2) is 12.2 Å². The van der Waals surface area contributed by atoms with Crippen LogP contribution in [0.4, 0.5) is 0 Å². The summed E-state index contributed by atoms with van der Waals surface area (Å²) in [6.45, 7) is 4.99. The lowest BCUT2D eigenvalue weighted by atomic mass is 10.0.